The Morgan fingerprint density at radius 1 is 1.60 bits per heavy atom. The zero-order valence-electron chi connectivity index (χ0n) is 9.15. The van der Waals surface area contributed by atoms with Gasteiger partial charge in [-0.15, -0.1) is 0 Å². The van der Waals surface area contributed by atoms with Crippen LogP contribution in [0.1, 0.15) is 17.6 Å². The third kappa shape index (κ3) is 2.21. The largest absolute Gasteiger partial charge is 0.480 e. The van der Waals surface area contributed by atoms with E-state index in [1.807, 2.05) is 14.0 Å². The van der Waals surface area contributed by atoms with Crippen LogP contribution in [-0.4, -0.2) is 39.6 Å². The zero-order chi connectivity index (χ0) is 11.7. The average Bonchev–Trinajstić information content (AvgIpc) is 2.31. The molecule has 0 aliphatic carbocycles. The van der Waals surface area contributed by atoms with Crippen LogP contribution in [0.15, 0.2) is 4.60 Å². The molecule has 0 radical (unpaired) electrons. The van der Waals surface area contributed by atoms with E-state index in [0.717, 1.165) is 5.82 Å². The first-order chi connectivity index (χ1) is 6.86. The number of aromatic nitrogens is 2. The van der Waals surface area contributed by atoms with Gasteiger partial charge in [0, 0.05) is 7.05 Å². The molecule has 0 amide bonds. The summed E-state index contributed by atoms with van der Waals surface area (Å²) in [5.41, 5.74) is 0.657. The Morgan fingerprint density at radius 3 is 2.40 bits per heavy atom. The maximum absolute atomic E-state index is 11.2. The van der Waals surface area contributed by atoms with E-state index in [1.165, 1.54) is 0 Å². The molecule has 5 nitrogen and oxygen atoms in total. The lowest BCUT2D eigenvalue weighted by Gasteiger charge is -2.20. The highest BCUT2D eigenvalue weighted by Gasteiger charge is 2.28. The number of hydrogen-bond acceptors (Lipinski definition) is 3. The molecule has 1 N–H and O–H groups in total. The number of aliphatic carboxylic acids is 1. The van der Waals surface area contributed by atoms with Crippen LogP contribution in [0.2, 0.25) is 0 Å². The van der Waals surface area contributed by atoms with Gasteiger partial charge in [-0.2, -0.15) is 0 Å². The highest BCUT2D eigenvalue weighted by molar-refractivity contribution is 9.10. The molecule has 0 bridgehead atoms. The summed E-state index contributed by atoms with van der Waals surface area (Å²) in [4.78, 5) is 17.0. The minimum absolute atomic E-state index is 0.587. The van der Waals surface area contributed by atoms with E-state index in [9.17, 15) is 4.79 Å². The van der Waals surface area contributed by atoms with Gasteiger partial charge in [0.05, 0.1) is 5.69 Å². The second-order valence-electron chi connectivity index (χ2n) is 3.60. The van der Waals surface area contributed by atoms with E-state index in [1.54, 1.807) is 23.6 Å². The van der Waals surface area contributed by atoms with Crippen molar-refractivity contribution in [3.63, 3.8) is 0 Å². The van der Waals surface area contributed by atoms with Gasteiger partial charge in [0.1, 0.15) is 10.4 Å². The maximum Gasteiger partial charge on any atom is 0.327 e. The highest BCUT2D eigenvalue weighted by Crippen LogP contribution is 2.26. The molecule has 0 saturated heterocycles. The summed E-state index contributed by atoms with van der Waals surface area (Å²) in [5, 5.41) is 9.15. The first kappa shape index (κ1) is 12.2. The van der Waals surface area contributed by atoms with Crippen molar-refractivity contribution in [2.75, 3.05) is 14.1 Å². The summed E-state index contributed by atoms with van der Waals surface area (Å²) in [6, 6.07) is -0.689. The Hall–Kier alpha value is -0.880. The fourth-order valence-electron chi connectivity index (χ4n) is 1.47. The average molecular weight is 276 g/mol. The molecule has 0 saturated carbocycles. The van der Waals surface area contributed by atoms with Crippen molar-refractivity contribution in [3.8, 4) is 0 Å². The van der Waals surface area contributed by atoms with E-state index in [2.05, 4.69) is 20.9 Å². The van der Waals surface area contributed by atoms with Crippen molar-refractivity contribution in [1.29, 1.82) is 0 Å². The maximum atomic E-state index is 11.2. The van der Waals surface area contributed by atoms with Gasteiger partial charge in [0.25, 0.3) is 0 Å². The predicted molar refractivity (Wildman–Crippen MR) is 59.7 cm³/mol. The summed E-state index contributed by atoms with van der Waals surface area (Å²) in [5.74, 6) is -0.103. The number of carbonyl (C=O) groups is 1. The van der Waals surface area contributed by atoms with Crippen LogP contribution in [0.3, 0.4) is 0 Å². The van der Waals surface area contributed by atoms with Crippen LogP contribution >= 0.6 is 15.9 Å². The summed E-state index contributed by atoms with van der Waals surface area (Å²) >= 11 is 3.28. The van der Waals surface area contributed by atoms with Crippen molar-refractivity contribution in [2.45, 2.75) is 13.0 Å². The molecule has 0 aliphatic rings. The van der Waals surface area contributed by atoms with Gasteiger partial charge in [0.15, 0.2) is 6.04 Å². The molecule has 0 aromatic carbocycles. The summed E-state index contributed by atoms with van der Waals surface area (Å²) < 4.78 is 2.37. The predicted octanol–water partition coefficient (Wildman–Crippen LogP) is 1.18. The SMILES string of the molecule is Cc1nc(Br)c(C(C(=O)O)N(C)C)n1C. The number of nitrogens with zero attached hydrogens (tertiary/aromatic N) is 3. The topological polar surface area (TPSA) is 58.4 Å². The number of imidazole rings is 1. The molecule has 1 aromatic heterocycles. The Labute approximate surface area is 96.8 Å². The van der Waals surface area contributed by atoms with Crippen molar-refractivity contribution >= 4 is 21.9 Å². The Balaban J connectivity index is 3.28. The van der Waals surface area contributed by atoms with Gasteiger partial charge >= 0.3 is 5.97 Å². The molecule has 6 heteroatoms. The molecule has 1 heterocycles. The lowest BCUT2D eigenvalue weighted by Crippen LogP contribution is -2.29. The Bertz CT molecular complexity index is 387. The Kier molecular flexibility index (Phi) is 3.51. The monoisotopic (exact) mass is 275 g/mol. The Morgan fingerprint density at radius 2 is 2.13 bits per heavy atom. The first-order valence-corrected chi connectivity index (χ1v) is 5.23. The van der Waals surface area contributed by atoms with Crippen molar-refractivity contribution in [1.82, 2.24) is 14.5 Å². The number of rotatable bonds is 3. The summed E-state index contributed by atoms with van der Waals surface area (Å²) in [7, 11) is 5.27. The minimum Gasteiger partial charge on any atom is -0.480 e. The number of likely N-dealkylation sites (N-methyl/N-ethyl adjacent to an activating group) is 1. The normalized spacial score (nSPS) is 13.2. The molecule has 1 aromatic rings. The number of carboxylic acids is 1. The third-order valence-corrected chi connectivity index (χ3v) is 2.91. The highest BCUT2D eigenvalue weighted by atomic mass is 79.9. The van der Waals surface area contributed by atoms with E-state index >= 15 is 0 Å². The number of carboxylic acid groups (broad SMARTS) is 1. The molecular formula is C9H14BrN3O2. The molecule has 0 fully saturated rings. The van der Waals surface area contributed by atoms with Crippen LogP contribution in [-0.2, 0) is 11.8 Å². The molecule has 1 unspecified atom stereocenters. The molecule has 0 aliphatic heterocycles. The van der Waals surface area contributed by atoms with Crippen LogP contribution in [0.5, 0.6) is 0 Å². The van der Waals surface area contributed by atoms with Gasteiger partial charge in [-0.3, -0.25) is 9.69 Å². The number of aryl methyl sites for hydroxylation is 1. The lowest BCUT2D eigenvalue weighted by atomic mass is 10.2. The van der Waals surface area contributed by atoms with Gasteiger partial charge in [-0.05, 0) is 36.9 Å². The van der Waals surface area contributed by atoms with E-state index in [4.69, 9.17) is 5.11 Å². The second kappa shape index (κ2) is 4.32. The van der Waals surface area contributed by atoms with E-state index < -0.39 is 12.0 Å². The molecular weight excluding hydrogens is 262 g/mol. The standard InChI is InChI=1S/C9H14BrN3O2/c1-5-11-8(10)6(13(5)4)7(9(14)15)12(2)3/h7H,1-4H3,(H,14,15). The quantitative estimate of drug-likeness (QED) is 0.900. The summed E-state index contributed by atoms with van der Waals surface area (Å²) in [6.45, 7) is 1.84. The van der Waals surface area contributed by atoms with Gasteiger partial charge in [-0.25, -0.2) is 4.98 Å². The molecule has 1 rings (SSSR count). The molecule has 15 heavy (non-hydrogen) atoms. The van der Waals surface area contributed by atoms with E-state index in [0.29, 0.717) is 10.3 Å². The van der Waals surface area contributed by atoms with Crippen molar-refractivity contribution in [2.24, 2.45) is 7.05 Å². The van der Waals surface area contributed by atoms with Crippen LogP contribution < -0.4 is 0 Å². The third-order valence-electron chi connectivity index (χ3n) is 2.33. The molecule has 0 spiro atoms. The molecule has 84 valence electrons. The van der Waals surface area contributed by atoms with Crippen molar-refractivity contribution < 1.29 is 9.90 Å². The smallest absolute Gasteiger partial charge is 0.327 e. The van der Waals surface area contributed by atoms with Crippen LogP contribution in [0.25, 0.3) is 0 Å². The molecule has 1 atom stereocenters. The second-order valence-corrected chi connectivity index (χ2v) is 4.35. The minimum atomic E-state index is -0.885. The summed E-state index contributed by atoms with van der Waals surface area (Å²) in [6.07, 6.45) is 0. The number of hydrogen-bond donors (Lipinski definition) is 1. The van der Waals surface area contributed by atoms with Crippen molar-refractivity contribution in [3.05, 3.63) is 16.1 Å². The lowest BCUT2D eigenvalue weighted by molar-refractivity contribution is -0.142. The van der Waals surface area contributed by atoms with E-state index in [-0.39, 0.29) is 0 Å². The van der Waals surface area contributed by atoms with Crippen LogP contribution in [0.4, 0.5) is 0 Å². The zero-order valence-corrected chi connectivity index (χ0v) is 10.7. The van der Waals surface area contributed by atoms with Gasteiger partial charge in [0.2, 0.25) is 0 Å². The first-order valence-electron chi connectivity index (χ1n) is 4.44. The fourth-order valence-corrected chi connectivity index (χ4v) is 2.21. The number of halogens is 1. The van der Waals surface area contributed by atoms with Gasteiger partial charge in [-0.1, -0.05) is 0 Å². The van der Waals surface area contributed by atoms with Crippen LogP contribution in [0, 0.1) is 6.92 Å². The fraction of sp³-hybridized carbons (Fsp3) is 0.556. The van der Waals surface area contributed by atoms with Gasteiger partial charge < -0.3 is 9.67 Å².